The third-order valence-corrected chi connectivity index (χ3v) is 4.15. The summed E-state index contributed by atoms with van der Waals surface area (Å²) in [4.78, 5) is 28.1. The van der Waals surface area contributed by atoms with E-state index in [1.165, 1.54) is 36.6 Å². The van der Waals surface area contributed by atoms with E-state index in [0.717, 1.165) is 4.70 Å². The van der Waals surface area contributed by atoms with Gasteiger partial charge in [-0.1, -0.05) is 12.1 Å². The van der Waals surface area contributed by atoms with Gasteiger partial charge in [0.25, 0.3) is 0 Å². The van der Waals surface area contributed by atoms with Gasteiger partial charge in [-0.25, -0.2) is 9.78 Å². The predicted octanol–water partition coefficient (Wildman–Crippen LogP) is 3.02. The van der Waals surface area contributed by atoms with Crippen molar-refractivity contribution in [1.82, 2.24) is 4.98 Å². The van der Waals surface area contributed by atoms with Crippen molar-refractivity contribution in [1.29, 1.82) is 0 Å². The Kier molecular flexibility index (Phi) is 3.60. The molecule has 0 radical (unpaired) electrons. The summed E-state index contributed by atoms with van der Waals surface area (Å²) in [6.07, 6.45) is 0. The molecule has 0 fully saturated rings. The van der Waals surface area contributed by atoms with Crippen LogP contribution in [0.25, 0.3) is 10.2 Å². The maximum atomic E-state index is 12.4. The minimum atomic E-state index is -0.450. The monoisotopic (exact) mass is 313 g/mol. The van der Waals surface area contributed by atoms with Crippen LogP contribution in [0.2, 0.25) is 0 Å². The predicted molar refractivity (Wildman–Crippen MR) is 82.5 cm³/mol. The molecule has 1 aromatic heterocycles. The van der Waals surface area contributed by atoms with Crippen LogP contribution in [0.4, 0.5) is 0 Å². The first kappa shape index (κ1) is 14.2. The normalized spacial score (nSPS) is 10.6. The summed E-state index contributed by atoms with van der Waals surface area (Å²) >= 11 is 1.22. The van der Waals surface area contributed by atoms with E-state index >= 15 is 0 Å². The molecule has 0 bridgehead atoms. The quantitative estimate of drug-likeness (QED) is 0.594. The molecule has 22 heavy (non-hydrogen) atoms. The number of carbonyl (C=O) groups is 2. The van der Waals surface area contributed by atoms with Gasteiger partial charge in [-0.15, -0.1) is 11.3 Å². The largest absolute Gasteiger partial charge is 0.508 e. The lowest BCUT2D eigenvalue weighted by Gasteiger charge is -2.00. The van der Waals surface area contributed by atoms with E-state index in [9.17, 15) is 14.7 Å². The number of ether oxygens (including phenoxy) is 1. The zero-order chi connectivity index (χ0) is 15.7. The van der Waals surface area contributed by atoms with Crippen LogP contribution in [-0.4, -0.2) is 29.0 Å². The number of ketones is 1. The summed E-state index contributed by atoms with van der Waals surface area (Å²) in [5, 5.41) is 9.79. The molecule has 1 N–H and O–H groups in total. The molecule has 0 amide bonds. The van der Waals surface area contributed by atoms with E-state index < -0.39 is 5.97 Å². The van der Waals surface area contributed by atoms with Crippen molar-refractivity contribution < 1.29 is 19.4 Å². The lowest BCUT2D eigenvalue weighted by Crippen LogP contribution is -2.04. The summed E-state index contributed by atoms with van der Waals surface area (Å²) in [6.45, 7) is 0. The first-order valence-corrected chi connectivity index (χ1v) is 7.23. The molecule has 0 saturated heterocycles. The smallest absolute Gasteiger partial charge is 0.337 e. The standard InChI is InChI=1S/C16H11NO4S/c1-21-16(20)10-4-2-9(3-5-10)14(19)15-17-12-7-6-11(18)8-13(12)22-15/h2-8,18H,1H3. The second-order valence-corrected chi connectivity index (χ2v) is 5.60. The minimum absolute atomic E-state index is 0.137. The van der Waals surface area contributed by atoms with Crippen LogP contribution in [0, 0.1) is 0 Å². The van der Waals surface area contributed by atoms with E-state index in [1.807, 2.05) is 0 Å². The zero-order valence-corrected chi connectivity index (χ0v) is 12.4. The number of nitrogens with zero attached hydrogens (tertiary/aromatic N) is 1. The van der Waals surface area contributed by atoms with Gasteiger partial charge in [0.05, 0.1) is 22.9 Å². The molecular formula is C16H11NO4S. The number of hydrogen-bond acceptors (Lipinski definition) is 6. The molecule has 0 saturated carbocycles. The maximum Gasteiger partial charge on any atom is 0.337 e. The summed E-state index contributed by atoms with van der Waals surface area (Å²) < 4.78 is 5.36. The average Bonchev–Trinajstić information content (AvgIpc) is 2.96. The number of aromatic nitrogens is 1. The molecule has 3 aromatic rings. The van der Waals surface area contributed by atoms with E-state index in [2.05, 4.69) is 9.72 Å². The van der Waals surface area contributed by atoms with Crippen molar-refractivity contribution in [2.75, 3.05) is 7.11 Å². The zero-order valence-electron chi connectivity index (χ0n) is 11.6. The van der Waals surface area contributed by atoms with Gasteiger partial charge in [-0.05, 0) is 30.3 Å². The SMILES string of the molecule is COC(=O)c1ccc(C(=O)c2nc3ccc(O)cc3s2)cc1. The van der Waals surface area contributed by atoms with Crippen molar-refractivity contribution in [3.63, 3.8) is 0 Å². The van der Waals surface area contributed by atoms with Crippen molar-refractivity contribution in [2.24, 2.45) is 0 Å². The fraction of sp³-hybridized carbons (Fsp3) is 0.0625. The van der Waals surface area contributed by atoms with Gasteiger partial charge in [0.15, 0.2) is 5.01 Å². The summed E-state index contributed by atoms with van der Waals surface area (Å²) in [6, 6.07) is 11.0. The van der Waals surface area contributed by atoms with Gasteiger partial charge in [-0.2, -0.15) is 0 Å². The van der Waals surface area contributed by atoms with Crippen LogP contribution in [0.1, 0.15) is 25.7 Å². The summed E-state index contributed by atoms with van der Waals surface area (Å²) in [5.41, 5.74) is 1.49. The molecule has 2 aromatic carbocycles. The van der Waals surface area contributed by atoms with Crippen LogP contribution >= 0.6 is 11.3 Å². The van der Waals surface area contributed by atoms with Crippen molar-refractivity contribution >= 4 is 33.3 Å². The highest BCUT2D eigenvalue weighted by atomic mass is 32.1. The number of phenols is 1. The number of carbonyl (C=O) groups excluding carboxylic acids is 2. The highest BCUT2D eigenvalue weighted by Gasteiger charge is 2.15. The topological polar surface area (TPSA) is 76.5 Å². The summed E-state index contributed by atoms with van der Waals surface area (Å²) in [5.74, 6) is -0.538. The number of hydrogen-bond donors (Lipinski definition) is 1. The van der Waals surface area contributed by atoms with Crippen LogP contribution in [-0.2, 0) is 4.74 Å². The third kappa shape index (κ3) is 2.56. The molecule has 0 aliphatic heterocycles. The Balaban J connectivity index is 1.93. The number of thiazole rings is 1. The molecule has 0 unspecified atom stereocenters. The van der Waals surface area contributed by atoms with E-state index in [4.69, 9.17) is 0 Å². The highest BCUT2D eigenvalue weighted by molar-refractivity contribution is 7.20. The van der Waals surface area contributed by atoms with E-state index in [0.29, 0.717) is 21.7 Å². The van der Waals surface area contributed by atoms with Gasteiger partial charge in [0.1, 0.15) is 5.75 Å². The molecule has 3 rings (SSSR count). The highest BCUT2D eigenvalue weighted by Crippen LogP contribution is 2.27. The number of methoxy groups -OCH3 is 1. The Bertz CT molecular complexity index is 867. The average molecular weight is 313 g/mol. The van der Waals surface area contributed by atoms with E-state index in [-0.39, 0.29) is 11.5 Å². The number of aromatic hydroxyl groups is 1. The van der Waals surface area contributed by atoms with E-state index in [1.54, 1.807) is 24.3 Å². The fourth-order valence-corrected chi connectivity index (χ4v) is 2.97. The minimum Gasteiger partial charge on any atom is -0.508 e. The first-order chi connectivity index (χ1) is 10.6. The fourth-order valence-electron chi connectivity index (χ4n) is 2.01. The molecule has 110 valence electrons. The molecule has 5 nitrogen and oxygen atoms in total. The number of benzene rings is 2. The number of phenolic OH excluding ortho intramolecular Hbond substituents is 1. The Morgan fingerprint density at radius 2 is 1.77 bits per heavy atom. The Morgan fingerprint density at radius 1 is 1.09 bits per heavy atom. The molecular weight excluding hydrogens is 302 g/mol. The second kappa shape index (κ2) is 5.57. The molecule has 0 spiro atoms. The van der Waals surface area contributed by atoms with Crippen LogP contribution in [0.5, 0.6) is 5.75 Å². The van der Waals surface area contributed by atoms with Gasteiger partial charge >= 0.3 is 5.97 Å². The Hall–Kier alpha value is -2.73. The lowest BCUT2D eigenvalue weighted by atomic mass is 10.1. The number of rotatable bonds is 3. The molecule has 1 heterocycles. The molecule has 0 atom stereocenters. The van der Waals surface area contributed by atoms with Gasteiger partial charge in [-0.3, -0.25) is 4.79 Å². The van der Waals surface area contributed by atoms with Crippen molar-refractivity contribution in [2.45, 2.75) is 0 Å². The third-order valence-electron chi connectivity index (χ3n) is 3.13. The Labute approximate surface area is 129 Å². The van der Waals surface area contributed by atoms with Gasteiger partial charge < -0.3 is 9.84 Å². The second-order valence-electron chi connectivity index (χ2n) is 4.57. The first-order valence-electron chi connectivity index (χ1n) is 6.41. The Morgan fingerprint density at radius 3 is 2.45 bits per heavy atom. The molecule has 0 aliphatic carbocycles. The maximum absolute atomic E-state index is 12.4. The lowest BCUT2D eigenvalue weighted by molar-refractivity contribution is 0.0600. The molecule has 6 heteroatoms. The summed E-state index contributed by atoms with van der Waals surface area (Å²) in [7, 11) is 1.30. The van der Waals surface area contributed by atoms with Crippen LogP contribution in [0.15, 0.2) is 42.5 Å². The number of fused-ring (bicyclic) bond motifs is 1. The van der Waals surface area contributed by atoms with Crippen molar-refractivity contribution in [3.05, 3.63) is 58.6 Å². The van der Waals surface area contributed by atoms with Gasteiger partial charge in [0.2, 0.25) is 5.78 Å². The molecule has 0 aliphatic rings. The van der Waals surface area contributed by atoms with Crippen molar-refractivity contribution in [3.8, 4) is 5.75 Å². The number of esters is 1. The van der Waals surface area contributed by atoms with Crippen LogP contribution < -0.4 is 0 Å². The van der Waals surface area contributed by atoms with Crippen LogP contribution in [0.3, 0.4) is 0 Å². The van der Waals surface area contributed by atoms with Gasteiger partial charge in [0, 0.05) is 5.56 Å².